The Bertz CT molecular complexity index is 1210. The quantitative estimate of drug-likeness (QED) is 0.499. The predicted molar refractivity (Wildman–Crippen MR) is 119 cm³/mol. The fourth-order valence-electron chi connectivity index (χ4n) is 3.72. The molecule has 0 aliphatic carbocycles. The van der Waals surface area contributed by atoms with E-state index in [1.54, 1.807) is 4.90 Å². The Labute approximate surface area is 189 Å². The van der Waals surface area contributed by atoms with Crippen LogP contribution in [0.15, 0.2) is 36.7 Å². The summed E-state index contributed by atoms with van der Waals surface area (Å²) >= 11 is 5.69. The van der Waals surface area contributed by atoms with Gasteiger partial charge >= 0.3 is 6.09 Å². The van der Waals surface area contributed by atoms with Crippen LogP contribution in [0.3, 0.4) is 0 Å². The van der Waals surface area contributed by atoms with Gasteiger partial charge in [0, 0.05) is 23.9 Å². The minimum atomic E-state index is -0.895. The number of likely N-dealkylation sites (tertiary alicyclic amines) is 1. The molecule has 4 rings (SSSR count). The number of benzene rings is 2. The number of carbonyl (C=O) groups is 1. The zero-order valence-electron chi connectivity index (χ0n) is 18.2. The second-order valence-corrected chi connectivity index (χ2v) is 9.58. The zero-order valence-corrected chi connectivity index (χ0v) is 18.9. The van der Waals surface area contributed by atoms with Crippen LogP contribution in [0.4, 0.5) is 25.1 Å². The summed E-state index contributed by atoms with van der Waals surface area (Å²) in [5.74, 6) is -1.36. The summed E-state index contributed by atoms with van der Waals surface area (Å²) in [5.41, 5.74) is 0.824. The van der Waals surface area contributed by atoms with Gasteiger partial charge in [-0.05, 0) is 50.6 Å². The van der Waals surface area contributed by atoms with E-state index in [9.17, 15) is 13.6 Å². The van der Waals surface area contributed by atoms with Crippen molar-refractivity contribution in [2.24, 2.45) is 0 Å². The summed E-state index contributed by atoms with van der Waals surface area (Å²) in [6.07, 6.45) is 1.02. The normalized spacial score (nSPS) is 15.4. The van der Waals surface area contributed by atoms with Crippen LogP contribution >= 0.6 is 11.6 Å². The van der Waals surface area contributed by atoms with Crippen LogP contribution in [-0.4, -0.2) is 39.7 Å². The van der Waals surface area contributed by atoms with Crippen molar-refractivity contribution in [1.29, 1.82) is 0 Å². The van der Waals surface area contributed by atoms with Gasteiger partial charge in [-0.1, -0.05) is 24.6 Å². The van der Waals surface area contributed by atoms with Gasteiger partial charge in [0.1, 0.15) is 28.6 Å². The maximum atomic E-state index is 14.4. The molecule has 0 bridgehead atoms. The molecule has 2 heterocycles. The monoisotopic (exact) mass is 460 g/mol. The molecule has 6 nitrogen and oxygen atoms in total. The maximum absolute atomic E-state index is 14.4. The first-order valence-corrected chi connectivity index (χ1v) is 10.5. The lowest BCUT2D eigenvalue weighted by atomic mass is 9.75. The molecule has 0 spiro atoms. The standard InChI is InChI=1S/C23H23ClF2N4O2/c1-22(2,3)32-21(31)30-10-23(4,11-30)13-5-7-16-14(9-13)20(28-12-27-16)29-17-8-6-15(25)18(24)19(17)26/h5-9,12H,10-11H2,1-4H3,(H,27,28,29). The third-order valence-corrected chi connectivity index (χ3v) is 5.70. The van der Waals surface area contributed by atoms with Crippen LogP contribution in [0.25, 0.3) is 10.9 Å². The summed E-state index contributed by atoms with van der Waals surface area (Å²) in [6, 6.07) is 8.09. The van der Waals surface area contributed by atoms with Crippen molar-refractivity contribution in [3.05, 3.63) is 58.9 Å². The second-order valence-electron chi connectivity index (χ2n) is 9.20. The number of halogens is 3. The lowest BCUT2D eigenvalue weighted by Gasteiger charge is -2.48. The number of aromatic nitrogens is 2. The van der Waals surface area contributed by atoms with Crippen molar-refractivity contribution in [2.45, 2.75) is 38.7 Å². The highest BCUT2D eigenvalue weighted by Gasteiger charge is 2.44. The molecular weight excluding hydrogens is 438 g/mol. The first kappa shape index (κ1) is 22.2. The van der Waals surface area contributed by atoms with E-state index in [2.05, 4.69) is 22.2 Å². The molecule has 0 unspecified atom stereocenters. The summed E-state index contributed by atoms with van der Waals surface area (Å²) in [6.45, 7) is 8.57. The first-order chi connectivity index (χ1) is 15.0. The van der Waals surface area contributed by atoms with Gasteiger partial charge in [0.05, 0.1) is 11.2 Å². The molecule has 1 aliphatic heterocycles. The topological polar surface area (TPSA) is 67.3 Å². The van der Waals surface area contributed by atoms with E-state index in [1.165, 1.54) is 12.4 Å². The number of fused-ring (bicyclic) bond motifs is 1. The van der Waals surface area contributed by atoms with E-state index in [0.717, 1.165) is 11.6 Å². The molecule has 0 radical (unpaired) electrons. The number of nitrogens with zero attached hydrogens (tertiary/aromatic N) is 3. The lowest BCUT2D eigenvalue weighted by Crippen LogP contribution is -2.60. The zero-order chi connectivity index (χ0) is 23.3. The molecule has 168 valence electrons. The Morgan fingerprint density at radius 3 is 2.59 bits per heavy atom. The SMILES string of the molecule is CC(C)(C)OC(=O)N1CC(C)(c2ccc3ncnc(Nc4ccc(F)c(Cl)c4F)c3c2)C1. The highest BCUT2D eigenvalue weighted by atomic mass is 35.5. The lowest BCUT2D eigenvalue weighted by molar-refractivity contribution is -0.00648. The van der Waals surface area contributed by atoms with Crippen LogP contribution in [0.5, 0.6) is 0 Å². The summed E-state index contributed by atoms with van der Waals surface area (Å²) in [7, 11) is 0. The number of hydrogen-bond acceptors (Lipinski definition) is 5. The van der Waals surface area contributed by atoms with Crippen molar-refractivity contribution in [2.75, 3.05) is 18.4 Å². The second kappa shape index (κ2) is 7.85. The molecule has 1 aliphatic rings. The van der Waals surface area contributed by atoms with Gasteiger partial charge in [0.2, 0.25) is 0 Å². The highest BCUT2D eigenvalue weighted by molar-refractivity contribution is 6.31. The van der Waals surface area contributed by atoms with Gasteiger partial charge in [-0.15, -0.1) is 0 Å². The van der Waals surface area contributed by atoms with Crippen molar-refractivity contribution in [1.82, 2.24) is 14.9 Å². The van der Waals surface area contributed by atoms with Gasteiger partial charge in [0.25, 0.3) is 0 Å². The minimum absolute atomic E-state index is 0.00719. The number of hydrogen-bond donors (Lipinski definition) is 1. The van der Waals surface area contributed by atoms with E-state index in [-0.39, 0.29) is 17.2 Å². The van der Waals surface area contributed by atoms with E-state index in [0.29, 0.717) is 29.8 Å². The average Bonchev–Trinajstić information content (AvgIpc) is 2.70. The largest absolute Gasteiger partial charge is 0.444 e. The number of nitrogens with one attached hydrogen (secondary N) is 1. The third-order valence-electron chi connectivity index (χ3n) is 5.35. The maximum Gasteiger partial charge on any atom is 0.410 e. The van der Waals surface area contributed by atoms with Crippen LogP contribution in [0.2, 0.25) is 5.02 Å². The fraction of sp³-hybridized carbons (Fsp3) is 0.348. The molecule has 0 saturated carbocycles. The molecule has 1 N–H and O–H groups in total. The number of amides is 1. The van der Waals surface area contributed by atoms with Gasteiger partial charge in [0.15, 0.2) is 5.82 Å². The van der Waals surface area contributed by atoms with Crippen molar-refractivity contribution >= 4 is 40.1 Å². The van der Waals surface area contributed by atoms with Crippen LogP contribution in [0.1, 0.15) is 33.3 Å². The Morgan fingerprint density at radius 1 is 1.19 bits per heavy atom. The molecule has 3 aromatic rings. The Balaban J connectivity index is 1.61. The third kappa shape index (κ3) is 4.19. The molecule has 1 saturated heterocycles. The number of anilines is 2. The Hall–Kier alpha value is -3.00. The molecule has 1 fully saturated rings. The van der Waals surface area contributed by atoms with Crippen molar-refractivity contribution in [3.63, 3.8) is 0 Å². The molecule has 0 atom stereocenters. The summed E-state index contributed by atoms with van der Waals surface area (Å²) < 4.78 is 33.3. The minimum Gasteiger partial charge on any atom is -0.444 e. The first-order valence-electron chi connectivity index (χ1n) is 10.1. The smallest absolute Gasteiger partial charge is 0.410 e. The molecule has 1 aromatic heterocycles. The van der Waals surface area contributed by atoms with Gasteiger partial charge in [-0.3, -0.25) is 0 Å². The summed E-state index contributed by atoms with van der Waals surface area (Å²) in [5, 5.41) is 2.97. The fourth-order valence-corrected chi connectivity index (χ4v) is 3.88. The Kier molecular flexibility index (Phi) is 5.45. The Morgan fingerprint density at radius 2 is 1.91 bits per heavy atom. The summed E-state index contributed by atoms with van der Waals surface area (Å²) in [4.78, 5) is 22.5. The van der Waals surface area contributed by atoms with Crippen molar-refractivity contribution < 1.29 is 18.3 Å². The molecule has 1 amide bonds. The highest BCUT2D eigenvalue weighted by Crippen LogP contribution is 2.37. The molecule has 9 heteroatoms. The number of ether oxygens (including phenoxy) is 1. The number of carbonyl (C=O) groups excluding carboxylic acids is 1. The van der Waals surface area contributed by atoms with E-state index < -0.39 is 22.3 Å². The van der Waals surface area contributed by atoms with Crippen LogP contribution < -0.4 is 5.32 Å². The van der Waals surface area contributed by atoms with Crippen LogP contribution in [-0.2, 0) is 10.2 Å². The number of rotatable bonds is 3. The molecular formula is C23H23ClF2N4O2. The van der Waals surface area contributed by atoms with Crippen LogP contribution in [0, 0.1) is 11.6 Å². The molecule has 32 heavy (non-hydrogen) atoms. The molecule has 2 aromatic carbocycles. The van der Waals surface area contributed by atoms with Crippen molar-refractivity contribution in [3.8, 4) is 0 Å². The van der Waals surface area contributed by atoms with Gasteiger partial charge in [-0.25, -0.2) is 23.5 Å². The van der Waals surface area contributed by atoms with E-state index in [1.807, 2.05) is 39.0 Å². The van der Waals surface area contributed by atoms with E-state index in [4.69, 9.17) is 16.3 Å². The van der Waals surface area contributed by atoms with Gasteiger partial charge in [-0.2, -0.15) is 0 Å². The predicted octanol–water partition coefficient (Wildman–Crippen LogP) is 5.81. The van der Waals surface area contributed by atoms with E-state index >= 15 is 0 Å². The average molecular weight is 461 g/mol. The van der Waals surface area contributed by atoms with Gasteiger partial charge < -0.3 is 15.0 Å².